The van der Waals surface area contributed by atoms with Crippen LogP contribution in [0, 0.1) is 11.7 Å². The van der Waals surface area contributed by atoms with Gasteiger partial charge in [0.25, 0.3) is 5.91 Å². The summed E-state index contributed by atoms with van der Waals surface area (Å²) in [5, 5.41) is 9.82. The molecule has 0 aliphatic rings. The van der Waals surface area contributed by atoms with Crippen molar-refractivity contribution in [2.75, 3.05) is 0 Å². The fourth-order valence-corrected chi connectivity index (χ4v) is 2.80. The standard InChI is InChI=1S/C16H18N6OS/c1-3-22-14(19-20-16(22)24)9-18-15(23)12-8-11(2)4-5-13(12)21-7-6-17-10-21/h4-8,10H,3,9H2,1-2H3,(H,18,23)(H,20,24). The molecule has 0 spiro atoms. The zero-order valence-electron chi connectivity index (χ0n) is 13.5. The van der Waals surface area contributed by atoms with Crippen LogP contribution in [0.1, 0.15) is 28.7 Å². The van der Waals surface area contributed by atoms with E-state index in [1.807, 2.05) is 47.4 Å². The minimum absolute atomic E-state index is 0.168. The van der Waals surface area contributed by atoms with Crippen LogP contribution in [-0.2, 0) is 13.1 Å². The number of carbonyl (C=O) groups is 1. The van der Waals surface area contributed by atoms with Crippen molar-refractivity contribution in [3.05, 3.63) is 58.6 Å². The maximum Gasteiger partial charge on any atom is 0.253 e. The lowest BCUT2D eigenvalue weighted by Gasteiger charge is -2.12. The number of aromatic amines is 1. The van der Waals surface area contributed by atoms with Crippen molar-refractivity contribution in [3.63, 3.8) is 0 Å². The van der Waals surface area contributed by atoms with Crippen LogP contribution in [0.25, 0.3) is 5.69 Å². The van der Waals surface area contributed by atoms with E-state index in [2.05, 4.69) is 20.5 Å². The van der Waals surface area contributed by atoms with Gasteiger partial charge in [0.05, 0.1) is 24.1 Å². The number of amides is 1. The fraction of sp³-hybridized carbons (Fsp3) is 0.250. The molecular weight excluding hydrogens is 324 g/mol. The average Bonchev–Trinajstić information content (AvgIpc) is 3.22. The summed E-state index contributed by atoms with van der Waals surface area (Å²) >= 11 is 5.16. The number of H-pyrrole nitrogens is 1. The molecule has 0 fully saturated rings. The van der Waals surface area contributed by atoms with Crippen LogP contribution in [-0.4, -0.2) is 30.2 Å². The van der Waals surface area contributed by atoms with E-state index >= 15 is 0 Å². The van der Waals surface area contributed by atoms with E-state index in [0.29, 0.717) is 29.2 Å². The number of hydrogen-bond donors (Lipinski definition) is 2. The normalized spacial score (nSPS) is 10.8. The van der Waals surface area contributed by atoms with Crippen molar-refractivity contribution in [1.82, 2.24) is 29.6 Å². The molecule has 1 amide bonds. The Kier molecular flexibility index (Phi) is 4.57. The quantitative estimate of drug-likeness (QED) is 0.698. The average molecular weight is 342 g/mol. The first-order chi connectivity index (χ1) is 11.6. The highest BCUT2D eigenvalue weighted by Gasteiger charge is 2.14. The topological polar surface area (TPSA) is 80.5 Å². The van der Waals surface area contributed by atoms with Gasteiger partial charge in [0.1, 0.15) is 0 Å². The van der Waals surface area contributed by atoms with E-state index in [-0.39, 0.29) is 5.91 Å². The van der Waals surface area contributed by atoms with Crippen LogP contribution in [0.3, 0.4) is 0 Å². The van der Waals surface area contributed by atoms with Gasteiger partial charge in [-0.1, -0.05) is 11.6 Å². The molecule has 24 heavy (non-hydrogen) atoms. The molecular formula is C16H18N6OS. The van der Waals surface area contributed by atoms with E-state index < -0.39 is 0 Å². The van der Waals surface area contributed by atoms with Gasteiger partial charge in [-0.25, -0.2) is 4.98 Å². The van der Waals surface area contributed by atoms with E-state index in [9.17, 15) is 4.79 Å². The van der Waals surface area contributed by atoms with E-state index in [0.717, 1.165) is 11.3 Å². The van der Waals surface area contributed by atoms with Crippen LogP contribution < -0.4 is 5.32 Å². The minimum atomic E-state index is -0.168. The Morgan fingerprint density at radius 2 is 2.25 bits per heavy atom. The summed E-state index contributed by atoms with van der Waals surface area (Å²) in [6.45, 7) is 4.94. The van der Waals surface area contributed by atoms with Crippen LogP contribution in [0.5, 0.6) is 0 Å². The highest BCUT2D eigenvalue weighted by atomic mass is 32.1. The maximum atomic E-state index is 12.7. The molecule has 7 nitrogen and oxygen atoms in total. The van der Waals surface area contributed by atoms with Gasteiger partial charge in [-0.15, -0.1) is 0 Å². The fourth-order valence-electron chi connectivity index (χ4n) is 2.52. The Labute approximate surface area is 144 Å². The van der Waals surface area contributed by atoms with Crippen molar-refractivity contribution in [2.45, 2.75) is 26.9 Å². The molecule has 3 aromatic rings. The summed E-state index contributed by atoms with van der Waals surface area (Å²) in [7, 11) is 0. The second kappa shape index (κ2) is 6.79. The molecule has 0 atom stereocenters. The van der Waals surface area contributed by atoms with Crippen molar-refractivity contribution in [3.8, 4) is 5.69 Å². The summed E-state index contributed by atoms with van der Waals surface area (Å²) in [5.74, 6) is 0.534. The van der Waals surface area contributed by atoms with Gasteiger partial charge in [0, 0.05) is 18.9 Å². The van der Waals surface area contributed by atoms with Crippen LogP contribution in [0.2, 0.25) is 0 Å². The first kappa shape index (κ1) is 16.1. The van der Waals surface area contributed by atoms with Gasteiger partial charge >= 0.3 is 0 Å². The molecule has 2 aromatic heterocycles. The lowest BCUT2D eigenvalue weighted by molar-refractivity contribution is 0.0949. The van der Waals surface area contributed by atoms with Gasteiger partial charge in [-0.3, -0.25) is 9.89 Å². The number of nitrogens with zero attached hydrogens (tertiary/aromatic N) is 4. The Hall–Kier alpha value is -2.74. The van der Waals surface area contributed by atoms with Gasteiger partial charge in [-0.05, 0) is 38.2 Å². The summed E-state index contributed by atoms with van der Waals surface area (Å²) < 4.78 is 4.22. The molecule has 0 bridgehead atoms. The first-order valence-electron chi connectivity index (χ1n) is 7.61. The molecule has 0 unspecified atom stereocenters. The van der Waals surface area contributed by atoms with Crippen LogP contribution >= 0.6 is 12.2 Å². The predicted octanol–water partition coefficient (Wildman–Crippen LogP) is 2.38. The van der Waals surface area contributed by atoms with Crippen LogP contribution in [0.15, 0.2) is 36.9 Å². The highest BCUT2D eigenvalue weighted by Crippen LogP contribution is 2.16. The van der Waals surface area contributed by atoms with Crippen molar-refractivity contribution in [2.24, 2.45) is 0 Å². The zero-order chi connectivity index (χ0) is 17.1. The molecule has 2 heterocycles. The summed E-state index contributed by atoms with van der Waals surface area (Å²) in [5.41, 5.74) is 2.38. The summed E-state index contributed by atoms with van der Waals surface area (Å²) in [6.07, 6.45) is 5.16. The summed E-state index contributed by atoms with van der Waals surface area (Å²) in [6, 6.07) is 5.74. The zero-order valence-corrected chi connectivity index (χ0v) is 14.3. The minimum Gasteiger partial charge on any atom is -0.345 e. The van der Waals surface area contributed by atoms with E-state index in [4.69, 9.17) is 12.2 Å². The second-order valence-corrected chi connectivity index (χ2v) is 5.75. The molecule has 0 radical (unpaired) electrons. The number of carbonyl (C=O) groups excluding carboxylic acids is 1. The van der Waals surface area contributed by atoms with E-state index in [1.165, 1.54) is 0 Å². The molecule has 3 rings (SSSR count). The van der Waals surface area contributed by atoms with Crippen molar-refractivity contribution in [1.29, 1.82) is 0 Å². The number of rotatable bonds is 5. The molecule has 0 saturated heterocycles. The molecule has 8 heteroatoms. The maximum absolute atomic E-state index is 12.7. The molecule has 1 aromatic carbocycles. The third kappa shape index (κ3) is 3.13. The van der Waals surface area contributed by atoms with Crippen molar-refractivity contribution >= 4 is 18.1 Å². The van der Waals surface area contributed by atoms with Gasteiger partial charge < -0.3 is 14.5 Å². The number of imidazole rings is 1. The summed E-state index contributed by atoms with van der Waals surface area (Å²) in [4.78, 5) is 16.7. The molecule has 124 valence electrons. The Balaban J connectivity index is 1.85. The van der Waals surface area contributed by atoms with Crippen LogP contribution in [0.4, 0.5) is 0 Å². The number of benzene rings is 1. The number of aryl methyl sites for hydroxylation is 1. The predicted molar refractivity (Wildman–Crippen MR) is 92.6 cm³/mol. The SMILES string of the molecule is CCn1c(CNC(=O)c2cc(C)ccc2-n2ccnc2)n[nH]c1=S. The largest absolute Gasteiger partial charge is 0.345 e. The molecule has 0 aliphatic carbocycles. The van der Waals surface area contributed by atoms with Crippen molar-refractivity contribution < 1.29 is 4.79 Å². The Morgan fingerprint density at radius 1 is 1.42 bits per heavy atom. The number of aromatic nitrogens is 5. The molecule has 0 saturated carbocycles. The number of nitrogens with one attached hydrogen (secondary N) is 2. The monoisotopic (exact) mass is 342 g/mol. The highest BCUT2D eigenvalue weighted by molar-refractivity contribution is 7.71. The van der Waals surface area contributed by atoms with Gasteiger partial charge in [0.15, 0.2) is 10.6 Å². The lowest BCUT2D eigenvalue weighted by Crippen LogP contribution is -2.26. The lowest BCUT2D eigenvalue weighted by atomic mass is 10.1. The molecule has 0 aliphatic heterocycles. The molecule has 2 N–H and O–H groups in total. The Bertz CT molecular complexity index is 909. The van der Waals surface area contributed by atoms with Gasteiger partial charge in [0.2, 0.25) is 0 Å². The Morgan fingerprint density at radius 3 is 2.96 bits per heavy atom. The third-order valence-electron chi connectivity index (χ3n) is 3.74. The second-order valence-electron chi connectivity index (χ2n) is 5.36. The third-order valence-corrected chi connectivity index (χ3v) is 4.05. The first-order valence-corrected chi connectivity index (χ1v) is 8.02. The van der Waals surface area contributed by atoms with E-state index in [1.54, 1.807) is 12.5 Å². The smallest absolute Gasteiger partial charge is 0.253 e. The number of hydrogen-bond acceptors (Lipinski definition) is 4. The van der Waals surface area contributed by atoms with Gasteiger partial charge in [-0.2, -0.15) is 5.10 Å².